The lowest BCUT2D eigenvalue weighted by molar-refractivity contribution is -0.384. The van der Waals surface area contributed by atoms with Gasteiger partial charge in [-0.05, 0) is 12.5 Å². The largest absolute Gasteiger partial charge is 0.271 e. The number of hydrogen-bond donors (Lipinski definition) is 1. The first-order valence-electron chi connectivity index (χ1n) is 6.44. The van der Waals surface area contributed by atoms with Gasteiger partial charge >= 0.3 is 0 Å². The Labute approximate surface area is 131 Å². The summed E-state index contributed by atoms with van der Waals surface area (Å²) in [7, 11) is -3.55. The van der Waals surface area contributed by atoms with Crippen LogP contribution in [0.5, 0.6) is 0 Å². The Balaban J connectivity index is 2.38. The summed E-state index contributed by atoms with van der Waals surface area (Å²) in [6.45, 7) is 1.88. The molecule has 0 aliphatic rings. The number of sulfonamides is 1. The summed E-state index contributed by atoms with van der Waals surface area (Å²) in [5, 5.41) is 10.6. The fourth-order valence-corrected chi connectivity index (χ4v) is 3.18. The van der Waals surface area contributed by atoms with Gasteiger partial charge in [-0.25, -0.2) is 18.4 Å². The molecular formula is C12H13ClN4O4S. The molecular weight excluding hydrogens is 332 g/mol. The van der Waals surface area contributed by atoms with Crippen molar-refractivity contribution in [3.63, 3.8) is 0 Å². The molecule has 0 amide bonds. The van der Waals surface area contributed by atoms with Crippen LogP contribution in [0.25, 0.3) is 11.0 Å². The van der Waals surface area contributed by atoms with E-state index in [0.717, 1.165) is 6.42 Å². The smallest absolute Gasteiger partial charge is 0.265 e. The van der Waals surface area contributed by atoms with Crippen molar-refractivity contribution in [3.8, 4) is 0 Å². The lowest BCUT2D eigenvalue weighted by Crippen LogP contribution is -2.18. The highest BCUT2D eigenvalue weighted by atomic mass is 35.5. The number of hydrogen-bond acceptors (Lipinski definition) is 6. The number of nitro benzene ring substituents is 1. The fourth-order valence-electron chi connectivity index (χ4n) is 1.73. The molecule has 0 atom stereocenters. The van der Waals surface area contributed by atoms with Crippen LogP contribution in [0.15, 0.2) is 18.2 Å². The average Bonchev–Trinajstić information content (AvgIpc) is 2.45. The van der Waals surface area contributed by atoms with E-state index in [0.29, 0.717) is 11.9 Å². The third kappa shape index (κ3) is 3.80. The number of halogens is 1. The van der Waals surface area contributed by atoms with Crippen LogP contribution in [0.3, 0.4) is 0 Å². The summed E-state index contributed by atoms with van der Waals surface area (Å²) >= 11 is 5.90. The zero-order chi connectivity index (χ0) is 16.3. The van der Waals surface area contributed by atoms with E-state index >= 15 is 0 Å². The molecule has 1 N–H and O–H groups in total. The van der Waals surface area contributed by atoms with Crippen molar-refractivity contribution in [3.05, 3.63) is 33.5 Å². The zero-order valence-electron chi connectivity index (χ0n) is 11.6. The molecule has 0 radical (unpaired) electrons. The first-order valence-corrected chi connectivity index (χ1v) is 8.47. The molecule has 8 nitrogen and oxygen atoms in total. The van der Waals surface area contributed by atoms with Gasteiger partial charge < -0.3 is 0 Å². The van der Waals surface area contributed by atoms with Gasteiger partial charge in [0, 0.05) is 12.1 Å². The van der Waals surface area contributed by atoms with Crippen molar-refractivity contribution in [2.24, 2.45) is 0 Å². The lowest BCUT2D eigenvalue weighted by atomic mass is 10.2. The number of benzene rings is 1. The Hall–Kier alpha value is -2.00. The highest BCUT2D eigenvalue weighted by Gasteiger charge is 2.16. The number of rotatable bonds is 6. The Kier molecular flexibility index (Phi) is 4.77. The minimum atomic E-state index is -3.55. The van der Waals surface area contributed by atoms with E-state index < -0.39 is 14.9 Å². The molecule has 0 spiro atoms. The van der Waals surface area contributed by atoms with E-state index in [1.807, 2.05) is 6.92 Å². The molecule has 0 aliphatic carbocycles. The highest BCUT2D eigenvalue weighted by Crippen LogP contribution is 2.25. The van der Waals surface area contributed by atoms with Gasteiger partial charge in [-0.2, -0.15) is 0 Å². The van der Waals surface area contributed by atoms with Crippen molar-refractivity contribution in [1.29, 1.82) is 0 Å². The normalized spacial score (nSPS) is 11.5. The molecule has 0 unspecified atom stereocenters. The standard InChI is InChI=1S/C12H13ClN4O4S/c1-2-3-6-22(20,21)16-12-11(13)14-10-7-8(17(18)19)4-5-9(10)15-12/h4-5,7H,2-3,6H2,1H3,(H,15,16). The van der Waals surface area contributed by atoms with Crippen LogP contribution in [0.2, 0.25) is 5.15 Å². The number of anilines is 1. The quantitative estimate of drug-likeness (QED) is 0.636. The topological polar surface area (TPSA) is 115 Å². The minimum absolute atomic E-state index is 0.0419. The monoisotopic (exact) mass is 344 g/mol. The predicted molar refractivity (Wildman–Crippen MR) is 83.5 cm³/mol. The van der Waals surface area contributed by atoms with Crippen LogP contribution in [-0.2, 0) is 10.0 Å². The van der Waals surface area contributed by atoms with Gasteiger partial charge in [0.1, 0.15) is 0 Å². The van der Waals surface area contributed by atoms with Crippen molar-refractivity contribution < 1.29 is 13.3 Å². The van der Waals surface area contributed by atoms with E-state index in [2.05, 4.69) is 14.7 Å². The van der Waals surface area contributed by atoms with Gasteiger partial charge in [0.2, 0.25) is 10.0 Å². The summed E-state index contributed by atoms with van der Waals surface area (Å²) in [5.74, 6) is -0.126. The van der Waals surface area contributed by atoms with Gasteiger partial charge in [0.25, 0.3) is 5.69 Å². The van der Waals surface area contributed by atoms with Gasteiger partial charge in [-0.15, -0.1) is 0 Å². The first-order chi connectivity index (χ1) is 10.3. The molecule has 2 rings (SSSR count). The molecule has 118 valence electrons. The molecule has 0 fully saturated rings. The fraction of sp³-hybridized carbons (Fsp3) is 0.333. The molecule has 10 heteroatoms. The molecule has 0 aliphatic heterocycles. The van der Waals surface area contributed by atoms with Crippen molar-refractivity contribution in [1.82, 2.24) is 9.97 Å². The first kappa shape index (κ1) is 16.4. The Bertz CT molecular complexity index is 825. The van der Waals surface area contributed by atoms with Crippen LogP contribution < -0.4 is 4.72 Å². The number of unbranched alkanes of at least 4 members (excludes halogenated alkanes) is 1. The molecule has 1 aromatic heterocycles. The molecule has 0 saturated carbocycles. The third-order valence-electron chi connectivity index (χ3n) is 2.83. The van der Waals surface area contributed by atoms with E-state index in [1.54, 1.807) is 0 Å². The number of non-ortho nitro benzene ring substituents is 1. The Morgan fingerprint density at radius 2 is 2.05 bits per heavy atom. The van der Waals surface area contributed by atoms with Crippen LogP contribution in [0.4, 0.5) is 11.5 Å². The Morgan fingerprint density at radius 3 is 2.68 bits per heavy atom. The number of nitrogens with one attached hydrogen (secondary N) is 1. The van der Waals surface area contributed by atoms with E-state index in [4.69, 9.17) is 11.6 Å². The number of aromatic nitrogens is 2. The van der Waals surface area contributed by atoms with E-state index in [-0.39, 0.29) is 27.9 Å². The second-order valence-corrected chi connectivity index (χ2v) is 6.77. The van der Waals surface area contributed by atoms with Gasteiger partial charge in [-0.3, -0.25) is 14.8 Å². The number of fused-ring (bicyclic) bond motifs is 1. The van der Waals surface area contributed by atoms with Crippen LogP contribution in [0, 0.1) is 10.1 Å². The maximum absolute atomic E-state index is 11.9. The van der Waals surface area contributed by atoms with Crippen molar-refractivity contribution in [2.75, 3.05) is 10.5 Å². The molecule has 0 bridgehead atoms. The summed E-state index contributed by atoms with van der Waals surface area (Å²) < 4.78 is 26.0. The molecule has 1 heterocycles. The summed E-state index contributed by atoms with van der Waals surface area (Å²) in [4.78, 5) is 18.2. The Morgan fingerprint density at radius 1 is 1.32 bits per heavy atom. The van der Waals surface area contributed by atoms with Crippen LogP contribution in [0.1, 0.15) is 19.8 Å². The number of nitro groups is 1. The maximum atomic E-state index is 11.9. The highest BCUT2D eigenvalue weighted by molar-refractivity contribution is 7.92. The second kappa shape index (κ2) is 6.41. The predicted octanol–water partition coefficient (Wildman–Crippen LogP) is 2.73. The van der Waals surface area contributed by atoms with E-state index in [9.17, 15) is 18.5 Å². The van der Waals surface area contributed by atoms with Gasteiger partial charge in [0.05, 0.1) is 21.7 Å². The molecule has 1 aromatic carbocycles. The van der Waals surface area contributed by atoms with E-state index in [1.165, 1.54) is 18.2 Å². The van der Waals surface area contributed by atoms with Crippen molar-refractivity contribution in [2.45, 2.75) is 19.8 Å². The van der Waals surface area contributed by atoms with Gasteiger partial charge in [0.15, 0.2) is 11.0 Å². The summed E-state index contributed by atoms with van der Waals surface area (Å²) in [6.07, 6.45) is 1.25. The minimum Gasteiger partial charge on any atom is -0.265 e. The zero-order valence-corrected chi connectivity index (χ0v) is 13.2. The van der Waals surface area contributed by atoms with Crippen LogP contribution >= 0.6 is 11.6 Å². The molecule has 2 aromatic rings. The average molecular weight is 345 g/mol. The summed E-state index contributed by atoms with van der Waals surface area (Å²) in [5.41, 5.74) is 0.382. The van der Waals surface area contributed by atoms with Crippen LogP contribution in [-0.4, -0.2) is 29.1 Å². The summed E-state index contributed by atoms with van der Waals surface area (Å²) in [6, 6.07) is 3.88. The number of nitrogens with zero attached hydrogens (tertiary/aromatic N) is 3. The SMILES string of the molecule is CCCCS(=O)(=O)Nc1nc2ccc([N+](=O)[O-])cc2nc1Cl. The second-order valence-electron chi connectivity index (χ2n) is 4.57. The van der Waals surface area contributed by atoms with Gasteiger partial charge in [-0.1, -0.05) is 24.9 Å². The lowest BCUT2D eigenvalue weighted by Gasteiger charge is -2.08. The maximum Gasteiger partial charge on any atom is 0.271 e. The molecule has 22 heavy (non-hydrogen) atoms. The van der Waals surface area contributed by atoms with Crippen molar-refractivity contribution >= 4 is 44.2 Å². The third-order valence-corrected chi connectivity index (χ3v) is 4.43. The molecule has 0 saturated heterocycles.